The number of carbonyl (C=O) groups excluding carboxylic acids is 1. The van der Waals surface area contributed by atoms with Gasteiger partial charge < -0.3 is 10.4 Å². The second-order valence-electron chi connectivity index (χ2n) is 7.21. The summed E-state index contributed by atoms with van der Waals surface area (Å²) in [5, 5.41) is 13.6. The predicted octanol–water partition coefficient (Wildman–Crippen LogP) is 2.77. The maximum absolute atomic E-state index is 12.9. The molecule has 2 atom stereocenters. The number of aromatic nitrogens is 2. The normalized spacial score (nSPS) is 13.2. The number of aliphatic hydroxyl groups excluding tert-OH is 1. The summed E-state index contributed by atoms with van der Waals surface area (Å²) in [6.07, 6.45) is -0.485. The number of carbonyl (C=O) groups is 1. The third-order valence-electron chi connectivity index (χ3n) is 5.27. The summed E-state index contributed by atoms with van der Waals surface area (Å²) in [5.74, 6) is -0.202. The maximum atomic E-state index is 12.9. The zero-order chi connectivity index (χ0) is 21.0. The maximum Gasteiger partial charge on any atom is 0.282 e. The van der Waals surface area contributed by atoms with Gasteiger partial charge in [0.05, 0.1) is 11.8 Å². The highest BCUT2D eigenvalue weighted by Gasteiger charge is 2.22. The molecule has 0 amide bonds. The van der Waals surface area contributed by atoms with Gasteiger partial charge in [-0.15, -0.1) is 0 Å². The predicted molar refractivity (Wildman–Crippen MR) is 114 cm³/mol. The highest BCUT2D eigenvalue weighted by Crippen LogP contribution is 2.16. The van der Waals surface area contributed by atoms with E-state index in [2.05, 4.69) is 5.32 Å². The van der Waals surface area contributed by atoms with Crippen LogP contribution in [0.1, 0.15) is 41.1 Å². The molecule has 2 N–H and O–H groups in total. The van der Waals surface area contributed by atoms with Gasteiger partial charge in [0.25, 0.3) is 5.56 Å². The van der Waals surface area contributed by atoms with Crippen molar-refractivity contribution in [2.45, 2.75) is 32.4 Å². The molecular formula is C23H27N3O3. The first-order valence-corrected chi connectivity index (χ1v) is 9.75. The van der Waals surface area contributed by atoms with Crippen molar-refractivity contribution < 1.29 is 9.90 Å². The van der Waals surface area contributed by atoms with Crippen LogP contribution in [0, 0.1) is 6.92 Å². The van der Waals surface area contributed by atoms with Gasteiger partial charge in [-0.25, -0.2) is 4.68 Å². The molecule has 3 aromatic rings. The van der Waals surface area contributed by atoms with Crippen molar-refractivity contribution in [3.63, 3.8) is 0 Å². The lowest BCUT2D eigenvalue weighted by Crippen LogP contribution is -2.34. The molecule has 0 fully saturated rings. The number of ketones is 1. The lowest BCUT2D eigenvalue weighted by Gasteiger charge is -2.20. The number of rotatable bonds is 8. The van der Waals surface area contributed by atoms with E-state index in [0.717, 1.165) is 11.3 Å². The molecule has 2 unspecified atom stereocenters. The van der Waals surface area contributed by atoms with Gasteiger partial charge in [0.15, 0.2) is 5.78 Å². The van der Waals surface area contributed by atoms with Crippen LogP contribution in [0.4, 0.5) is 0 Å². The first-order valence-electron chi connectivity index (χ1n) is 9.75. The third-order valence-corrected chi connectivity index (χ3v) is 5.27. The Morgan fingerprint density at radius 3 is 2.28 bits per heavy atom. The number of nitrogens with one attached hydrogen (secondary N) is 1. The summed E-state index contributed by atoms with van der Waals surface area (Å²) >= 11 is 0. The van der Waals surface area contributed by atoms with Gasteiger partial charge in [0.2, 0.25) is 0 Å². The number of benzene rings is 2. The second kappa shape index (κ2) is 9.03. The minimum atomic E-state index is -0.667. The molecule has 1 aromatic heterocycles. The molecule has 6 nitrogen and oxygen atoms in total. The summed E-state index contributed by atoms with van der Waals surface area (Å²) in [5.41, 5.74) is 2.09. The van der Waals surface area contributed by atoms with Crippen LogP contribution in [-0.2, 0) is 7.05 Å². The van der Waals surface area contributed by atoms with Gasteiger partial charge in [-0.05, 0) is 31.5 Å². The molecule has 1 heterocycles. The van der Waals surface area contributed by atoms with E-state index in [4.69, 9.17) is 0 Å². The van der Waals surface area contributed by atoms with Crippen LogP contribution in [0.3, 0.4) is 0 Å². The molecule has 0 spiro atoms. The molecule has 0 saturated heterocycles. The molecule has 152 valence electrons. The zero-order valence-corrected chi connectivity index (χ0v) is 17.0. The van der Waals surface area contributed by atoms with E-state index in [9.17, 15) is 14.7 Å². The Bertz CT molecular complexity index is 1020. The van der Waals surface area contributed by atoms with Crippen LogP contribution < -0.4 is 10.9 Å². The molecule has 0 aliphatic carbocycles. The molecule has 29 heavy (non-hydrogen) atoms. The molecule has 3 rings (SSSR count). The minimum Gasteiger partial charge on any atom is -0.387 e. The fourth-order valence-electron chi connectivity index (χ4n) is 3.48. The summed E-state index contributed by atoms with van der Waals surface area (Å²) in [6, 6.07) is 18.4. The van der Waals surface area contributed by atoms with E-state index in [-0.39, 0.29) is 29.4 Å². The van der Waals surface area contributed by atoms with Crippen molar-refractivity contribution in [1.82, 2.24) is 14.7 Å². The van der Waals surface area contributed by atoms with E-state index >= 15 is 0 Å². The van der Waals surface area contributed by atoms with Crippen molar-refractivity contribution in [3.05, 3.63) is 87.8 Å². The molecule has 0 saturated carbocycles. The van der Waals surface area contributed by atoms with E-state index in [0.29, 0.717) is 12.2 Å². The Kier molecular flexibility index (Phi) is 6.46. The average Bonchev–Trinajstić information content (AvgIpc) is 2.96. The standard InChI is InChI=1S/C23H27N3O3/c1-16(22(28)18-10-6-4-7-11-18)24-15-14-20(27)21-17(2)25(3)26(23(21)29)19-12-8-5-9-13-19/h4-13,16,22,24,28H,14-15H2,1-3H3. The fraction of sp³-hybridized carbons (Fsp3) is 0.304. The van der Waals surface area contributed by atoms with E-state index < -0.39 is 6.10 Å². The quantitative estimate of drug-likeness (QED) is 0.577. The van der Waals surface area contributed by atoms with Crippen molar-refractivity contribution in [1.29, 1.82) is 0 Å². The second-order valence-corrected chi connectivity index (χ2v) is 7.21. The highest BCUT2D eigenvalue weighted by molar-refractivity contribution is 5.97. The Morgan fingerprint density at radius 2 is 1.66 bits per heavy atom. The van der Waals surface area contributed by atoms with Crippen LogP contribution in [0.15, 0.2) is 65.5 Å². The van der Waals surface area contributed by atoms with E-state index in [1.807, 2.05) is 67.6 Å². The fourth-order valence-corrected chi connectivity index (χ4v) is 3.48. The summed E-state index contributed by atoms with van der Waals surface area (Å²) in [4.78, 5) is 25.7. The van der Waals surface area contributed by atoms with E-state index in [1.54, 1.807) is 18.7 Å². The van der Waals surface area contributed by atoms with Gasteiger partial charge in [-0.1, -0.05) is 48.5 Å². The number of hydrogen-bond acceptors (Lipinski definition) is 4. The summed E-state index contributed by atoms with van der Waals surface area (Å²) < 4.78 is 3.22. The monoisotopic (exact) mass is 393 g/mol. The van der Waals surface area contributed by atoms with Crippen molar-refractivity contribution in [3.8, 4) is 5.69 Å². The van der Waals surface area contributed by atoms with Crippen LogP contribution in [0.2, 0.25) is 0 Å². The molecule has 0 radical (unpaired) electrons. The minimum absolute atomic E-state index is 0.181. The number of para-hydroxylation sites is 1. The van der Waals surface area contributed by atoms with Crippen LogP contribution >= 0.6 is 0 Å². The topological polar surface area (TPSA) is 76.3 Å². The number of hydrogen-bond donors (Lipinski definition) is 2. The first-order chi connectivity index (χ1) is 13.9. The Hall–Kier alpha value is -2.96. The van der Waals surface area contributed by atoms with Crippen molar-refractivity contribution >= 4 is 5.78 Å². The summed E-state index contributed by atoms with van der Waals surface area (Å²) in [7, 11) is 1.77. The number of aliphatic hydroxyl groups is 1. The zero-order valence-electron chi connectivity index (χ0n) is 17.0. The number of Topliss-reactive ketones (excluding diaryl/α,β-unsaturated/α-hetero) is 1. The molecule has 6 heteroatoms. The molecule has 2 aromatic carbocycles. The molecular weight excluding hydrogens is 366 g/mol. The average molecular weight is 393 g/mol. The molecule has 0 aliphatic heterocycles. The lowest BCUT2D eigenvalue weighted by atomic mass is 10.0. The lowest BCUT2D eigenvalue weighted by molar-refractivity contribution is 0.0970. The van der Waals surface area contributed by atoms with Gasteiger partial charge >= 0.3 is 0 Å². The molecule has 0 aliphatic rings. The number of nitrogens with zero attached hydrogens (tertiary/aromatic N) is 2. The van der Waals surface area contributed by atoms with Crippen molar-refractivity contribution in [2.75, 3.05) is 6.54 Å². The third kappa shape index (κ3) is 4.39. The van der Waals surface area contributed by atoms with Gasteiger partial charge in [-0.3, -0.25) is 14.3 Å². The smallest absolute Gasteiger partial charge is 0.282 e. The Morgan fingerprint density at radius 1 is 1.07 bits per heavy atom. The van der Waals surface area contributed by atoms with Crippen LogP contribution in [0.5, 0.6) is 0 Å². The Labute approximate surface area is 170 Å². The highest BCUT2D eigenvalue weighted by atomic mass is 16.3. The van der Waals surface area contributed by atoms with Crippen LogP contribution in [0.25, 0.3) is 5.69 Å². The van der Waals surface area contributed by atoms with Gasteiger partial charge in [0.1, 0.15) is 5.56 Å². The van der Waals surface area contributed by atoms with Gasteiger partial charge in [0, 0.05) is 31.7 Å². The van der Waals surface area contributed by atoms with Crippen LogP contribution in [-0.4, -0.2) is 32.8 Å². The first kappa shape index (κ1) is 20.8. The largest absolute Gasteiger partial charge is 0.387 e. The molecule has 0 bridgehead atoms. The summed E-state index contributed by atoms with van der Waals surface area (Å²) in [6.45, 7) is 4.03. The van der Waals surface area contributed by atoms with Gasteiger partial charge in [-0.2, -0.15) is 0 Å². The Balaban J connectivity index is 1.68. The van der Waals surface area contributed by atoms with E-state index in [1.165, 1.54) is 4.68 Å². The SMILES string of the molecule is Cc1c(C(=O)CCNC(C)C(O)c2ccccc2)c(=O)n(-c2ccccc2)n1C. The van der Waals surface area contributed by atoms with Crippen molar-refractivity contribution in [2.24, 2.45) is 7.05 Å².